The fourth-order valence-electron chi connectivity index (χ4n) is 2.03. The molecule has 0 spiro atoms. The highest BCUT2D eigenvalue weighted by Crippen LogP contribution is 2.15. The van der Waals surface area contributed by atoms with Crippen LogP contribution in [-0.4, -0.2) is 52.0 Å². The smallest absolute Gasteiger partial charge is 0.320 e. The van der Waals surface area contributed by atoms with E-state index in [0.29, 0.717) is 6.54 Å². The lowest BCUT2D eigenvalue weighted by Gasteiger charge is -2.36. The lowest BCUT2D eigenvalue weighted by Crippen LogP contribution is -2.53. The Kier molecular flexibility index (Phi) is 3.45. The van der Waals surface area contributed by atoms with Gasteiger partial charge in [-0.2, -0.15) is 0 Å². The van der Waals surface area contributed by atoms with Crippen LogP contribution in [0.4, 0.5) is 4.79 Å². The second kappa shape index (κ2) is 5.03. The number of carboxylic acids is 1. The Morgan fingerprint density at radius 1 is 1.50 bits per heavy atom. The zero-order valence-electron chi connectivity index (χ0n) is 10.1. The molecule has 6 heteroatoms. The van der Waals surface area contributed by atoms with E-state index in [4.69, 9.17) is 5.11 Å². The van der Waals surface area contributed by atoms with Crippen molar-refractivity contribution < 1.29 is 14.7 Å². The molecule has 18 heavy (non-hydrogen) atoms. The number of hydrogen-bond acceptors (Lipinski definition) is 3. The van der Waals surface area contributed by atoms with Gasteiger partial charge in [0.25, 0.3) is 0 Å². The number of aromatic nitrogens is 1. The number of carbonyl (C=O) groups is 2. The van der Waals surface area contributed by atoms with Crippen molar-refractivity contribution in [2.45, 2.75) is 6.54 Å². The molecule has 0 radical (unpaired) electrons. The van der Waals surface area contributed by atoms with Gasteiger partial charge in [0.2, 0.25) is 0 Å². The first kappa shape index (κ1) is 12.3. The molecule has 1 aromatic heterocycles. The van der Waals surface area contributed by atoms with Gasteiger partial charge in [0.1, 0.15) is 0 Å². The molecule has 2 heterocycles. The summed E-state index contributed by atoms with van der Waals surface area (Å²) in [5.41, 5.74) is 0.755. The number of aliphatic carboxylic acids is 1. The number of carbonyl (C=O) groups excluding carboxylic acids is 1. The van der Waals surface area contributed by atoms with Gasteiger partial charge in [-0.1, -0.05) is 6.07 Å². The van der Waals surface area contributed by atoms with Crippen LogP contribution < -0.4 is 0 Å². The number of amides is 2. The van der Waals surface area contributed by atoms with Gasteiger partial charge in [-0.3, -0.25) is 9.78 Å². The highest BCUT2D eigenvalue weighted by Gasteiger charge is 2.33. The predicted octanol–water partition coefficient (Wildman–Crippen LogP) is 0.650. The molecule has 0 aromatic carbocycles. The molecule has 2 rings (SSSR count). The number of pyridine rings is 1. The molecule has 1 atom stereocenters. The van der Waals surface area contributed by atoms with Crippen LogP contribution in [0.15, 0.2) is 24.4 Å². The average Bonchev–Trinajstić information content (AvgIpc) is 2.35. The number of carboxylic acid groups (broad SMARTS) is 1. The van der Waals surface area contributed by atoms with Crippen LogP contribution in [-0.2, 0) is 11.3 Å². The highest BCUT2D eigenvalue weighted by molar-refractivity contribution is 5.79. The minimum Gasteiger partial charge on any atom is -0.481 e. The van der Waals surface area contributed by atoms with E-state index in [-0.39, 0.29) is 19.1 Å². The van der Waals surface area contributed by atoms with Gasteiger partial charge < -0.3 is 14.9 Å². The maximum absolute atomic E-state index is 11.9. The maximum atomic E-state index is 11.9. The Bertz CT molecular complexity index is 449. The SMILES string of the molecule is CN1CC(C(=O)O)CN(Cc2ccccn2)C1=O. The minimum absolute atomic E-state index is 0.154. The molecule has 96 valence electrons. The molecule has 1 saturated heterocycles. The van der Waals surface area contributed by atoms with E-state index in [1.54, 1.807) is 19.3 Å². The van der Waals surface area contributed by atoms with Gasteiger partial charge in [0.05, 0.1) is 18.2 Å². The molecule has 0 bridgehead atoms. The molecule has 1 aliphatic heterocycles. The lowest BCUT2D eigenvalue weighted by molar-refractivity contribution is -0.143. The summed E-state index contributed by atoms with van der Waals surface area (Å²) in [6, 6.07) is 5.30. The Hall–Kier alpha value is -2.11. The maximum Gasteiger partial charge on any atom is 0.320 e. The third kappa shape index (κ3) is 2.58. The Balaban J connectivity index is 2.10. The van der Waals surface area contributed by atoms with E-state index in [1.165, 1.54) is 9.80 Å². The number of rotatable bonds is 3. The Morgan fingerprint density at radius 3 is 2.89 bits per heavy atom. The summed E-state index contributed by atoms with van der Waals surface area (Å²) in [6.07, 6.45) is 1.65. The van der Waals surface area contributed by atoms with E-state index < -0.39 is 11.9 Å². The first-order valence-corrected chi connectivity index (χ1v) is 5.70. The minimum atomic E-state index is -0.875. The van der Waals surface area contributed by atoms with Crippen molar-refractivity contribution in [2.75, 3.05) is 20.1 Å². The van der Waals surface area contributed by atoms with Crippen LogP contribution in [0.3, 0.4) is 0 Å². The molecule has 1 fully saturated rings. The average molecular weight is 249 g/mol. The summed E-state index contributed by atoms with van der Waals surface area (Å²) in [6.45, 7) is 0.829. The van der Waals surface area contributed by atoms with Crippen molar-refractivity contribution in [3.63, 3.8) is 0 Å². The molecule has 6 nitrogen and oxygen atoms in total. The number of urea groups is 1. The monoisotopic (exact) mass is 249 g/mol. The van der Waals surface area contributed by atoms with Crippen LogP contribution in [0.1, 0.15) is 5.69 Å². The van der Waals surface area contributed by atoms with E-state index in [9.17, 15) is 9.59 Å². The van der Waals surface area contributed by atoms with Crippen molar-refractivity contribution in [1.82, 2.24) is 14.8 Å². The largest absolute Gasteiger partial charge is 0.481 e. The van der Waals surface area contributed by atoms with Gasteiger partial charge in [0, 0.05) is 26.3 Å². The van der Waals surface area contributed by atoms with Gasteiger partial charge in [-0.25, -0.2) is 4.79 Å². The summed E-state index contributed by atoms with van der Waals surface area (Å²) in [7, 11) is 1.61. The zero-order chi connectivity index (χ0) is 13.1. The summed E-state index contributed by atoms with van der Waals surface area (Å²) >= 11 is 0. The molecule has 2 amide bonds. The van der Waals surface area contributed by atoms with Gasteiger partial charge in [0.15, 0.2) is 0 Å². The third-order valence-electron chi connectivity index (χ3n) is 2.96. The fraction of sp³-hybridized carbons (Fsp3) is 0.417. The van der Waals surface area contributed by atoms with Gasteiger partial charge >= 0.3 is 12.0 Å². The lowest BCUT2D eigenvalue weighted by atomic mass is 10.1. The second-order valence-electron chi connectivity index (χ2n) is 4.40. The molecule has 0 aliphatic carbocycles. The molecule has 1 unspecified atom stereocenters. The second-order valence-corrected chi connectivity index (χ2v) is 4.40. The van der Waals surface area contributed by atoms with Gasteiger partial charge in [-0.05, 0) is 12.1 Å². The van der Waals surface area contributed by atoms with Gasteiger partial charge in [-0.15, -0.1) is 0 Å². The van der Waals surface area contributed by atoms with E-state index in [2.05, 4.69) is 4.98 Å². The highest BCUT2D eigenvalue weighted by atomic mass is 16.4. The topological polar surface area (TPSA) is 73.7 Å². The summed E-state index contributed by atoms with van der Waals surface area (Å²) < 4.78 is 0. The Labute approximate surface area is 105 Å². The van der Waals surface area contributed by atoms with Crippen molar-refractivity contribution in [3.05, 3.63) is 30.1 Å². The van der Waals surface area contributed by atoms with Crippen molar-refractivity contribution in [3.8, 4) is 0 Å². The van der Waals surface area contributed by atoms with Crippen LogP contribution >= 0.6 is 0 Å². The van der Waals surface area contributed by atoms with Crippen molar-refractivity contribution in [2.24, 2.45) is 5.92 Å². The molecule has 0 saturated carbocycles. The summed E-state index contributed by atoms with van der Waals surface area (Å²) in [5.74, 6) is -1.42. The molecule has 1 aliphatic rings. The standard InChI is InChI=1S/C12H15N3O3/c1-14-6-9(11(16)17)7-15(12(14)18)8-10-4-2-3-5-13-10/h2-5,9H,6-8H2,1H3,(H,16,17). The quantitative estimate of drug-likeness (QED) is 0.853. The zero-order valence-corrected chi connectivity index (χ0v) is 10.1. The van der Waals surface area contributed by atoms with Crippen LogP contribution in [0, 0.1) is 5.92 Å². The number of hydrogen-bond donors (Lipinski definition) is 1. The fourth-order valence-corrected chi connectivity index (χ4v) is 2.03. The van der Waals surface area contributed by atoms with Crippen LogP contribution in [0.2, 0.25) is 0 Å². The van der Waals surface area contributed by atoms with E-state index >= 15 is 0 Å². The molecular weight excluding hydrogens is 234 g/mol. The normalized spacial score (nSPS) is 20.1. The molecular formula is C12H15N3O3. The molecule has 1 N–H and O–H groups in total. The summed E-state index contributed by atoms with van der Waals surface area (Å²) in [5, 5.41) is 9.05. The summed E-state index contributed by atoms with van der Waals surface area (Å²) in [4.78, 5) is 30.0. The van der Waals surface area contributed by atoms with Crippen molar-refractivity contribution >= 4 is 12.0 Å². The van der Waals surface area contributed by atoms with E-state index in [1.807, 2.05) is 12.1 Å². The number of nitrogens with zero attached hydrogens (tertiary/aromatic N) is 3. The van der Waals surface area contributed by atoms with Crippen LogP contribution in [0.5, 0.6) is 0 Å². The Morgan fingerprint density at radius 2 is 2.28 bits per heavy atom. The van der Waals surface area contributed by atoms with Crippen LogP contribution in [0.25, 0.3) is 0 Å². The van der Waals surface area contributed by atoms with Crippen molar-refractivity contribution in [1.29, 1.82) is 0 Å². The molecule has 1 aromatic rings. The van der Waals surface area contributed by atoms with E-state index in [0.717, 1.165) is 5.69 Å². The first-order valence-electron chi connectivity index (χ1n) is 5.70. The first-order chi connectivity index (χ1) is 8.58. The third-order valence-corrected chi connectivity index (χ3v) is 2.96. The predicted molar refractivity (Wildman–Crippen MR) is 63.8 cm³/mol.